The van der Waals surface area contributed by atoms with E-state index in [-0.39, 0.29) is 12.0 Å². The van der Waals surface area contributed by atoms with E-state index in [0.29, 0.717) is 24.7 Å². The molecule has 3 aromatic rings. The maximum atomic E-state index is 12.7. The van der Waals surface area contributed by atoms with Crippen molar-refractivity contribution < 1.29 is 9.53 Å². The molecule has 6 heteroatoms. The first-order chi connectivity index (χ1) is 12.3. The van der Waals surface area contributed by atoms with Gasteiger partial charge in [0.15, 0.2) is 0 Å². The van der Waals surface area contributed by atoms with E-state index in [9.17, 15) is 4.79 Å². The lowest BCUT2D eigenvalue weighted by atomic mass is 10.1. The molecule has 0 radical (unpaired) electrons. The van der Waals surface area contributed by atoms with E-state index < -0.39 is 0 Å². The van der Waals surface area contributed by atoms with Gasteiger partial charge in [-0.25, -0.2) is 4.98 Å². The number of carbonyl (C=O) groups is 1. The highest BCUT2D eigenvalue weighted by Gasteiger charge is 2.25. The first-order valence-corrected chi connectivity index (χ1v) is 8.39. The van der Waals surface area contributed by atoms with E-state index in [4.69, 9.17) is 4.74 Å². The number of pyridine rings is 1. The molecule has 3 heterocycles. The number of hydrogen-bond acceptors (Lipinski definition) is 5. The molecule has 1 fully saturated rings. The van der Waals surface area contributed by atoms with E-state index >= 15 is 0 Å². The smallest absolute Gasteiger partial charge is 0.272 e. The van der Waals surface area contributed by atoms with Crippen molar-refractivity contribution in [1.82, 2.24) is 20.1 Å². The van der Waals surface area contributed by atoms with Gasteiger partial charge in [-0.1, -0.05) is 24.3 Å². The molecule has 0 atom stereocenters. The minimum Gasteiger partial charge on any atom is -0.473 e. The summed E-state index contributed by atoms with van der Waals surface area (Å²) in [5.41, 5.74) is 1.33. The lowest BCUT2D eigenvalue weighted by molar-refractivity contribution is 0.0581. The van der Waals surface area contributed by atoms with E-state index in [1.807, 2.05) is 35.2 Å². The Morgan fingerprint density at radius 3 is 2.68 bits per heavy atom. The zero-order valence-electron chi connectivity index (χ0n) is 13.7. The molecular formula is C19H18N4O2. The third-order valence-electron chi connectivity index (χ3n) is 4.38. The van der Waals surface area contributed by atoms with Gasteiger partial charge in [0.25, 0.3) is 5.91 Å². The molecule has 0 saturated carbocycles. The predicted molar refractivity (Wildman–Crippen MR) is 93.3 cm³/mol. The molecule has 6 nitrogen and oxygen atoms in total. The Bertz CT molecular complexity index is 877. The van der Waals surface area contributed by atoms with Crippen LogP contribution in [0.15, 0.2) is 54.7 Å². The van der Waals surface area contributed by atoms with Crippen molar-refractivity contribution in [2.45, 2.75) is 18.9 Å². The maximum Gasteiger partial charge on any atom is 0.272 e. The quantitative estimate of drug-likeness (QED) is 0.737. The van der Waals surface area contributed by atoms with Crippen LogP contribution in [0.4, 0.5) is 0 Å². The monoisotopic (exact) mass is 334 g/mol. The average molecular weight is 334 g/mol. The molecule has 1 aliphatic heterocycles. The number of amides is 1. The normalized spacial score (nSPS) is 15.3. The Hall–Kier alpha value is -3.02. The van der Waals surface area contributed by atoms with Crippen LogP contribution in [0.5, 0.6) is 5.88 Å². The van der Waals surface area contributed by atoms with Gasteiger partial charge >= 0.3 is 0 Å². The first kappa shape index (κ1) is 15.5. The number of carbonyl (C=O) groups excluding carboxylic acids is 1. The number of para-hydroxylation sites is 1. The molecule has 25 heavy (non-hydrogen) atoms. The molecule has 0 unspecified atom stereocenters. The first-order valence-electron chi connectivity index (χ1n) is 8.39. The van der Waals surface area contributed by atoms with E-state index in [2.05, 4.69) is 15.2 Å². The molecule has 4 rings (SSSR count). The number of piperidine rings is 1. The van der Waals surface area contributed by atoms with Gasteiger partial charge in [-0.15, -0.1) is 5.10 Å². The van der Waals surface area contributed by atoms with Gasteiger partial charge in [0, 0.05) is 43.6 Å². The molecule has 0 spiro atoms. The number of aromatic nitrogens is 3. The highest BCUT2D eigenvalue weighted by atomic mass is 16.5. The van der Waals surface area contributed by atoms with Gasteiger partial charge in [-0.3, -0.25) is 4.79 Å². The lowest BCUT2D eigenvalue weighted by Crippen LogP contribution is -2.42. The van der Waals surface area contributed by atoms with Crippen LogP contribution < -0.4 is 4.74 Å². The minimum absolute atomic E-state index is 0.0243. The largest absolute Gasteiger partial charge is 0.473 e. The van der Waals surface area contributed by atoms with Crippen molar-refractivity contribution >= 4 is 16.8 Å². The molecule has 1 aliphatic rings. The summed E-state index contributed by atoms with van der Waals surface area (Å²) >= 11 is 0. The third-order valence-corrected chi connectivity index (χ3v) is 4.38. The number of benzene rings is 1. The molecule has 0 N–H and O–H groups in total. The highest BCUT2D eigenvalue weighted by Crippen LogP contribution is 2.19. The van der Waals surface area contributed by atoms with Crippen LogP contribution in [-0.2, 0) is 0 Å². The Kier molecular flexibility index (Phi) is 4.24. The van der Waals surface area contributed by atoms with Gasteiger partial charge in [0.1, 0.15) is 11.8 Å². The van der Waals surface area contributed by atoms with E-state index in [1.54, 1.807) is 24.4 Å². The second kappa shape index (κ2) is 6.84. The molecular weight excluding hydrogens is 316 g/mol. The Balaban J connectivity index is 1.40. The Morgan fingerprint density at radius 1 is 1.04 bits per heavy atom. The fourth-order valence-corrected chi connectivity index (χ4v) is 3.04. The van der Waals surface area contributed by atoms with Crippen molar-refractivity contribution in [1.29, 1.82) is 0 Å². The van der Waals surface area contributed by atoms with Gasteiger partial charge in [-0.2, -0.15) is 5.10 Å². The van der Waals surface area contributed by atoms with Gasteiger partial charge in [0.05, 0.1) is 5.52 Å². The van der Waals surface area contributed by atoms with Gasteiger partial charge in [-0.05, 0) is 18.2 Å². The molecule has 2 aromatic heterocycles. The molecule has 1 saturated heterocycles. The van der Waals surface area contributed by atoms with Crippen molar-refractivity contribution in [2.24, 2.45) is 0 Å². The van der Waals surface area contributed by atoms with Crippen LogP contribution in [0, 0.1) is 0 Å². The number of likely N-dealkylation sites (tertiary alicyclic amines) is 1. The third kappa shape index (κ3) is 3.42. The van der Waals surface area contributed by atoms with Crippen LogP contribution >= 0.6 is 0 Å². The van der Waals surface area contributed by atoms with E-state index in [0.717, 1.165) is 23.7 Å². The molecule has 0 bridgehead atoms. The fraction of sp³-hybridized carbons (Fsp3) is 0.263. The van der Waals surface area contributed by atoms with Crippen molar-refractivity contribution in [3.05, 3.63) is 60.4 Å². The second-order valence-electron chi connectivity index (χ2n) is 6.06. The summed E-state index contributed by atoms with van der Waals surface area (Å²) < 4.78 is 5.82. The number of nitrogens with zero attached hydrogens (tertiary/aromatic N) is 4. The number of rotatable bonds is 3. The van der Waals surface area contributed by atoms with Gasteiger partial charge in [0.2, 0.25) is 5.88 Å². The molecule has 126 valence electrons. The fourth-order valence-electron chi connectivity index (χ4n) is 3.04. The van der Waals surface area contributed by atoms with Crippen molar-refractivity contribution in [3.8, 4) is 5.88 Å². The summed E-state index contributed by atoms with van der Waals surface area (Å²) in [6.07, 6.45) is 3.22. The number of hydrogen-bond donors (Lipinski definition) is 0. The lowest BCUT2D eigenvalue weighted by Gasteiger charge is -2.31. The summed E-state index contributed by atoms with van der Waals surface area (Å²) in [6, 6.07) is 15.1. The minimum atomic E-state index is -0.0243. The second-order valence-corrected chi connectivity index (χ2v) is 6.06. The van der Waals surface area contributed by atoms with Crippen LogP contribution in [0.3, 0.4) is 0 Å². The van der Waals surface area contributed by atoms with E-state index in [1.165, 1.54) is 0 Å². The predicted octanol–water partition coefficient (Wildman–Crippen LogP) is 2.71. The van der Waals surface area contributed by atoms with Crippen LogP contribution in [-0.4, -0.2) is 45.2 Å². The summed E-state index contributed by atoms with van der Waals surface area (Å²) in [7, 11) is 0. The van der Waals surface area contributed by atoms with Crippen LogP contribution in [0.2, 0.25) is 0 Å². The summed E-state index contributed by atoms with van der Waals surface area (Å²) in [4.78, 5) is 19.0. The molecule has 1 amide bonds. The Labute approximate surface area is 145 Å². The zero-order valence-corrected chi connectivity index (χ0v) is 13.7. The highest BCUT2D eigenvalue weighted by molar-refractivity contribution is 5.94. The average Bonchev–Trinajstić information content (AvgIpc) is 2.68. The van der Waals surface area contributed by atoms with Crippen LogP contribution in [0.25, 0.3) is 10.9 Å². The summed E-state index contributed by atoms with van der Waals surface area (Å²) in [5.74, 6) is 0.507. The van der Waals surface area contributed by atoms with Crippen LogP contribution in [0.1, 0.15) is 23.3 Å². The summed E-state index contributed by atoms with van der Waals surface area (Å²) in [5, 5.41) is 8.79. The Morgan fingerprint density at radius 2 is 1.88 bits per heavy atom. The van der Waals surface area contributed by atoms with Crippen molar-refractivity contribution in [3.63, 3.8) is 0 Å². The molecule has 0 aliphatic carbocycles. The standard InChI is InChI=1S/C19H18N4O2/c24-19(17-8-7-14-4-1-2-5-16(14)21-17)23-12-9-15(10-13-23)25-18-6-3-11-20-22-18/h1-8,11,15H,9-10,12-13H2. The zero-order chi connectivity index (χ0) is 17.1. The summed E-state index contributed by atoms with van der Waals surface area (Å²) in [6.45, 7) is 1.30. The maximum absolute atomic E-state index is 12.7. The number of ether oxygens (including phenoxy) is 1. The SMILES string of the molecule is O=C(c1ccc2ccccc2n1)N1CCC(Oc2cccnn2)CC1. The topological polar surface area (TPSA) is 68.2 Å². The van der Waals surface area contributed by atoms with Gasteiger partial charge < -0.3 is 9.64 Å². The van der Waals surface area contributed by atoms with Crippen molar-refractivity contribution in [2.75, 3.05) is 13.1 Å². The number of fused-ring (bicyclic) bond motifs is 1. The molecule has 1 aromatic carbocycles.